The summed E-state index contributed by atoms with van der Waals surface area (Å²) in [6, 6.07) is -1.21. The van der Waals surface area contributed by atoms with Crippen LogP contribution >= 0.6 is 0 Å². The van der Waals surface area contributed by atoms with E-state index in [1.807, 2.05) is 39.0 Å². The molecule has 5 fully saturated rings. The number of esters is 3. The zero-order chi connectivity index (χ0) is 101. The van der Waals surface area contributed by atoms with E-state index in [9.17, 15) is 81.0 Å². The third kappa shape index (κ3) is 40.3. The molecule has 10 N–H and O–H groups in total. The van der Waals surface area contributed by atoms with E-state index in [1.165, 1.54) is 29.0 Å². The fourth-order valence-corrected chi connectivity index (χ4v) is 17.8. The van der Waals surface area contributed by atoms with Crippen LogP contribution in [-0.4, -0.2) is 238 Å². The van der Waals surface area contributed by atoms with E-state index in [0.29, 0.717) is 70.8 Å². The number of nitrogens with one attached hydrogen (secondary N) is 4. The second kappa shape index (κ2) is 56.9. The second-order valence-electron chi connectivity index (χ2n) is 39.8. The van der Waals surface area contributed by atoms with Crippen LogP contribution in [0, 0.1) is 18.8 Å². The van der Waals surface area contributed by atoms with Gasteiger partial charge in [0.05, 0.1) is 61.7 Å². The molecule has 3 saturated heterocycles. The van der Waals surface area contributed by atoms with Gasteiger partial charge in [0.1, 0.15) is 68.7 Å². The molecule has 0 bridgehead atoms. The molecule has 0 spiro atoms. The van der Waals surface area contributed by atoms with Crippen molar-refractivity contribution in [1.82, 2.24) is 36.0 Å². The van der Waals surface area contributed by atoms with Crippen molar-refractivity contribution < 1.29 is 120 Å². The van der Waals surface area contributed by atoms with Gasteiger partial charge in [0.2, 0.25) is 23.6 Å². The number of rotatable bonds is 46. The Kier molecular flexibility index (Phi) is 51.5. The molecule has 0 aromatic heterocycles. The van der Waals surface area contributed by atoms with Gasteiger partial charge in [-0.15, -0.1) is 32.9 Å². The highest BCUT2D eigenvalue weighted by Gasteiger charge is 2.64. The maximum Gasteiger partial charge on any atom is 0.408 e. The number of ether oxygens (including phenoxy) is 6. The topological polar surface area (TPSA) is 456 Å². The van der Waals surface area contributed by atoms with Crippen LogP contribution in [0.15, 0.2) is 92.4 Å². The number of aliphatic hydroxyl groups is 2. The number of carbonyl (C=O) groups is 11. The van der Waals surface area contributed by atoms with Crippen molar-refractivity contribution in [2.45, 2.75) is 434 Å². The first-order valence-electron chi connectivity index (χ1n) is 47.9. The van der Waals surface area contributed by atoms with Gasteiger partial charge in [0, 0.05) is 37.5 Å². The minimum absolute atomic E-state index is 0.00601. The number of aryl methyl sites for hydroxylation is 1. The van der Waals surface area contributed by atoms with Gasteiger partial charge < -0.3 is 94.4 Å². The van der Waals surface area contributed by atoms with Crippen molar-refractivity contribution in [3.05, 3.63) is 93.1 Å². The lowest BCUT2D eigenvalue weighted by Gasteiger charge is -2.40. The number of benzene rings is 1. The molecule has 16 atom stereocenters. The number of quaternary nitrogens is 1. The van der Waals surface area contributed by atoms with Crippen molar-refractivity contribution in [3.8, 4) is 0 Å². The fourth-order valence-electron chi connectivity index (χ4n) is 15.9. The van der Waals surface area contributed by atoms with Gasteiger partial charge in [-0.05, 0) is 197 Å². The maximum absolute atomic E-state index is 14.3. The van der Waals surface area contributed by atoms with Gasteiger partial charge in [-0.25, -0.2) is 42.0 Å². The van der Waals surface area contributed by atoms with Gasteiger partial charge in [0.25, 0.3) is 0 Å². The quantitative estimate of drug-likeness (QED) is 0.00750. The molecule has 34 heteroatoms. The number of methoxy groups -OCH3 is 1. The maximum atomic E-state index is 14.3. The number of carbonyl (C=O) groups excluding carboxylic acids is 10. The fraction of sp³-hybridized carbons (Fsp3) is 0.727. The summed E-state index contributed by atoms with van der Waals surface area (Å²) in [7, 11) is -5.11. The molecule has 133 heavy (non-hydrogen) atoms. The smallest absolute Gasteiger partial charge is 0.408 e. The van der Waals surface area contributed by atoms with Gasteiger partial charge in [0.15, 0.2) is 13.9 Å². The Morgan fingerprint density at radius 3 is 1.23 bits per heavy atom. The van der Waals surface area contributed by atoms with Crippen LogP contribution in [-0.2, 0) is 81.3 Å². The number of amides is 7. The molecule has 1 aromatic carbocycles. The summed E-state index contributed by atoms with van der Waals surface area (Å²) in [5, 5.41) is 42.2. The Morgan fingerprint density at radius 1 is 0.534 bits per heavy atom. The minimum atomic E-state index is -4.27. The monoisotopic (exact) mass is 1910 g/mol. The van der Waals surface area contributed by atoms with E-state index in [2.05, 4.69) is 101 Å². The number of allylic oxidation sites excluding steroid dienone is 3. The highest BCUT2D eigenvalue weighted by molar-refractivity contribution is 7.85. The zero-order valence-corrected chi connectivity index (χ0v) is 85.9. The van der Waals surface area contributed by atoms with E-state index in [-0.39, 0.29) is 65.2 Å². The van der Waals surface area contributed by atoms with Crippen LogP contribution in [0.2, 0.25) is 18.1 Å². The standard InChI is InChI=1S/C31H51N3O7.C30H56N2O6Si.C23H40N2O6.C8H13NO2.C7H8O3S/c1-8-12-14-15-16-17-22(32-29(39)41-30(5,6)7)27(37)34-23(18-13-9-2)25(35)19-24(34)26(36)33-31(20-21(31)10-3)28(38)40-11-4;1-12-14-16-17-18-19-22(31-28(35)37-29(3,4)5)26(33)32-23(20-15-13-2)25(21-24(32)27(34)36-9)38-39(10,11)30(6,7)8;1-6-8-10-11-12-13-16(24-22(30)31-23(3,4)5)20(27)25-17(14-9-7-2)19(26)15-18(25)21(28)29;1-3-6-5-8(6,9)7(10)11-4-2;1-6-2-4-7(5-3-6)11(8,9)10/h8,10,21-25,35H,1,3,9,11-20H2,2,4-7H3,(H,32,39)(H,33,36);12,22-25H,1,13-21H2,2-11H3,(H,31,35);6,16-19,26H,1,7-15H2,2-5H3,(H,24,30)(H,28,29);3,6H,1,4-5,9H2,2H3;2-5H,1H3,(H,8,9,10)/t21-,22+,23+,24+,25-,31-;22-,23-,24-,25+;16-,17-,18-,19+;6-,8-;/m1001./s1. The lowest BCUT2D eigenvalue weighted by molar-refractivity contribution is -0.428. The second-order valence-corrected chi connectivity index (χ2v) is 46.0. The van der Waals surface area contributed by atoms with Crippen LogP contribution in [0.4, 0.5) is 14.4 Å². The molecule has 6 rings (SSSR count). The number of unbranched alkanes of at least 4 members (excludes halogenated alkanes) is 12. The predicted octanol–water partition coefficient (Wildman–Crippen LogP) is 15.2. The first-order chi connectivity index (χ1) is 62.0. The van der Waals surface area contributed by atoms with Crippen LogP contribution in [0.25, 0.3) is 0 Å². The molecule has 32 nitrogen and oxygen atoms in total. The Labute approximate surface area is 795 Å². The summed E-state index contributed by atoms with van der Waals surface area (Å²) in [4.78, 5) is 147. The molecule has 2 aliphatic carbocycles. The van der Waals surface area contributed by atoms with E-state index in [4.69, 9.17) is 32.8 Å². The third-order valence-corrected chi connectivity index (χ3v) is 29.6. The first kappa shape index (κ1) is 121. The largest absolute Gasteiger partial charge is 0.744 e. The number of carboxylic acids is 1. The summed E-state index contributed by atoms with van der Waals surface area (Å²) in [6.45, 7) is 57.3. The van der Waals surface area contributed by atoms with Crippen molar-refractivity contribution >= 4 is 84.2 Å². The van der Waals surface area contributed by atoms with Crippen LogP contribution in [0.3, 0.4) is 0 Å². The molecular formula is C99H168N8O24SSi. The number of hydrogen-bond acceptors (Lipinski definition) is 23. The number of alkyl carbamates (subject to hydrolysis) is 3. The zero-order valence-electron chi connectivity index (χ0n) is 84.1. The molecule has 3 aliphatic heterocycles. The number of aliphatic hydroxyl groups excluding tert-OH is 2. The van der Waals surface area contributed by atoms with Gasteiger partial charge in [-0.1, -0.05) is 167 Å². The Bertz CT molecular complexity index is 4030. The summed E-state index contributed by atoms with van der Waals surface area (Å²) < 4.78 is 69.5. The van der Waals surface area contributed by atoms with E-state index >= 15 is 0 Å². The average Bonchev–Trinajstić information content (AvgIpc) is 1.56. The predicted molar refractivity (Wildman–Crippen MR) is 514 cm³/mol. The van der Waals surface area contributed by atoms with Crippen LogP contribution in [0.5, 0.6) is 0 Å². The van der Waals surface area contributed by atoms with E-state index in [1.54, 1.807) is 105 Å². The Hall–Kier alpha value is -8.54. The molecule has 5 aliphatic rings. The first-order valence-corrected chi connectivity index (χ1v) is 52.2. The summed E-state index contributed by atoms with van der Waals surface area (Å²) in [5.41, 5.74) is 0.824. The van der Waals surface area contributed by atoms with Crippen LogP contribution in [0.1, 0.15) is 309 Å². The molecule has 1 aromatic rings. The van der Waals surface area contributed by atoms with Gasteiger partial charge >= 0.3 is 42.2 Å². The van der Waals surface area contributed by atoms with Gasteiger partial charge in [-0.3, -0.25) is 19.2 Å². The highest BCUT2D eigenvalue weighted by atomic mass is 32.2. The molecule has 7 amide bonds. The molecule has 2 saturated carbocycles. The molecule has 3 heterocycles. The molecule has 0 radical (unpaired) electrons. The SMILES string of the molecule is C=CCCCCC[C@H](NC(=O)OC(C)(C)C)C(=O)N1[C@H](C(=O)N[C@]2(C(=O)OCC)C[C@H]2C=C)C[C@@H](O)[C@@H]1CCCC.C=CCCCCC[C@H](NC(=O)OC(C)(C)C)C(=O)N1[C@H](C(=O)O)C[C@@H](O)[C@@H]1CCCC.C=CCCCCC[C@H](NC(=O)OC(C)(C)C)C(=O)N1[C@H](C(=O)OC)C[C@@H](O[Si](C)(C)C(C)(C)C)[C@@H]1CCCC.C=C[C@@H]1C[C@]1([NH3+])C(=O)OCC.Cc1ccc(S(=O)(=O)[O-])cc1. The number of aliphatic carboxylic acids is 1. The summed E-state index contributed by atoms with van der Waals surface area (Å²) >= 11 is 0. The minimum Gasteiger partial charge on any atom is -0.744 e. The van der Waals surface area contributed by atoms with Crippen molar-refractivity contribution in [3.63, 3.8) is 0 Å². The molecular weight excluding hydrogens is 1750 g/mol. The van der Waals surface area contributed by atoms with Crippen molar-refractivity contribution in [2.75, 3.05) is 20.3 Å². The highest BCUT2D eigenvalue weighted by Crippen LogP contribution is 2.47. The lowest BCUT2D eigenvalue weighted by atomic mass is 10.0. The molecule has 0 unspecified atom stereocenters. The Morgan fingerprint density at radius 2 is 0.902 bits per heavy atom. The number of nitrogens with zero attached hydrogens (tertiary/aromatic N) is 3. The lowest BCUT2D eigenvalue weighted by Crippen LogP contribution is -2.69. The Balaban J connectivity index is 0.000000606. The van der Waals surface area contributed by atoms with E-state index < -0.39 is 161 Å². The van der Waals surface area contributed by atoms with Crippen LogP contribution < -0.4 is 27.0 Å². The van der Waals surface area contributed by atoms with Crippen molar-refractivity contribution in [1.29, 1.82) is 0 Å². The summed E-state index contributed by atoms with van der Waals surface area (Å²) in [6.07, 6.45) is 24.4. The molecule has 758 valence electrons. The third-order valence-electron chi connectivity index (χ3n) is 24.3. The van der Waals surface area contributed by atoms with Gasteiger partial charge in [-0.2, -0.15) is 0 Å². The number of carboxylic acid groups (broad SMARTS) is 1. The number of likely N-dealkylation sites (tertiary alicyclic amines) is 3. The average molecular weight is 1910 g/mol. The van der Waals surface area contributed by atoms with Crippen molar-refractivity contribution in [2.24, 2.45) is 11.8 Å². The normalized spacial score (nSPS) is 23.1. The van der Waals surface area contributed by atoms with E-state index in [0.717, 1.165) is 115 Å². The summed E-state index contributed by atoms with van der Waals surface area (Å²) in [5.74, 6) is -4.11. The number of hydrogen-bond donors (Lipinski definition) is 8.